The summed E-state index contributed by atoms with van der Waals surface area (Å²) in [6, 6.07) is 6.90. The Morgan fingerprint density at radius 1 is 1.21 bits per heavy atom. The van der Waals surface area contributed by atoms with E-state index >= 15 is 0 Å². The molecule has 4 rings (SSSR count). The molecule has 0 aliphatic carbocycles. The van der Waals surface area contributed by atoms with Crippen LogP contribution >= 0.6 is 22.7 Å². The van der Waals surface area contributed by atoms with Crippen LogP contribution in [0, 0.1) is 18.3 Å². The molecule has 174 valence electrons. The number of piperidine rings is 1. The molecule has 0 spiro atoms. The van der Waals surface area contributed by atoms with Gasteiger partial charge in [0, 0.05) is 19.0 Å². The third kappa shape index (κ3) is 4.44. The number of carbonyl (C=O) groups excluding carboxylic acids is 1. The van der Waals surface area contributed by atoms with Crippen LogP contribution in [-0.2, 0) is 21.4 Å². The summed E-state index contributed by atoms with van der Waals surface area (Å²) in [5.74, 6) is 3.23. The highest BCUT2D eigenvalue weighted by atomic mass is 32.2. The molecule has 0 atom stereocenters. The van der Waals surface area contributed by atoms with Crippen molar-refractivity contribution >= 4 is 48.8 Å². The minimum Gasteiger partial charge on any atom is -0.495 e. The molecular formula is C22H23N3O5S3. The predicted octanol–water partition coefficient (Wildman–Crippen LogP) is 2.94. The smallest absolute Gasteiger partial charge is 0.252 e. The molecule has 0 unspecified atom stereocenters. The first-order valence-electron chi connectivity index (χ1n) is 10.2. The number of aromatic nitrogens is 1. The third-order valence-electron chi connectivity index (χ3n) is 5.54. The normalized spacial score (nSPS) is 16.1. The van der Waals surface area contributed by atoms with Gasteiger partial charge in [0.25, 0.3) is 15.9 Å². The Hall–Kier alpha value is -2.65. The van der Waals surface area contributed by atoms with E-state index in [2.05, 4.69) is 10.9 Å². The van der Waals surface area contributed by atoms with E-state index < -0.39 is 10.0 Å². The van der Waals surface area contributed by atoms with Crippen LogP contribution in [0.2, 0.25) is 0 Å². The molecule has 1 aliphatic rings. The summed E-state index contributed by atoms with van der Waals surface area (Å²) >= 11 is 2.50. The average Bonchev–Trinajstić information content (AvgIpc) is 3.49. The monoisotopic (exact) mass is 505 g/mol. The van der Waals surface area contributed by atoms with Gasteiger partial charge in [-0.15, -0.1) is 17.8 Å². The lowest BCUT2D eigenvalue weighted by molar-refractivity contribution is -0.122. The van der Waals surface area contributed by atoms with Crippen molar-refractivity contribution in [3.63, 3.8) is 0 Å². The number of terminal acetylenes is 1. The minimum atomic E-state index is -3.52. The van der Waals surface area contributed by atoms with Crippen LogP contribution in [0.4, 0.5) is 0 Å². The van der Waals surface area contributed by atoms with Gasteiger partial charge in [-0.2, -0.15) is 9.30 Å². The molecule has 1 saturated heterocycles. The Balaban J connectivity index is 1.62. The van der Waals surface area contributed by atoms with Crippen molar-refractivity contribution in [1.29, 1.82) is 0 Å². The van der Waals surface area contributed by atoms with Gasteiger partial charge in [-0.05, 0) is 36.4 Å². The van der Waals surface area contributed by atoms with Crippen LogP contribution in [0.25, 0.3) is 10.2 Å². The standard InChI is InChI=1S/C22H23N3O5S3/c1-4-11-25-19-16(29-2)7-8-17(30-3)20(19)32-22(25)23-21(26)15-9-12-24(13-10-15)33(27,28)18-6-5-14-31-18/h1,5-8,14-15H,9-13H2,2-3H3. The van der Waals surface area contributed by atoms with Crippen molar-refractivity contribution in [2.75, 3.05) is 27.3 Å². The van der Waals surface area contributed by atoms with Gasteiger partial charge >= 0.3 is 0 Å². The Kier molecular flexibility index (Phi) is 6.90. The number of methoxy groups -OCH3 is 2. The van der Waals surface area contributed by atoms with E-state index in [0.29, 0.717) is 33.4 Å². The van der Waals surface area contributed by atoms with E-state index in [1.54, 1.807) is 48.4 Å². The molecule has 3 heterocycles. The third-order valence-corrected chi connectivity index (χ3v) is 9.90. The Bertz CT molecular complexity index is 1370. The number of thiazole rings is 1. The number of nitrogens with zero attached hydrogens (tertiary/aromatic N) is 3. The summed E-state index contributed by atoms with van der Waals surface area (Å²) < 4.78 is 40.8. The fourth-order valence-corrected chi connectivity index (χ4v) is 7.60. The van der Waals surface area contributed by atoms with Crippen molar-refractivity contribution in [3.8, 4) is 23.8 Å². The molecular weight excluding hydrogens is 482 g/mol. The number of rotatable bonds is 6. The number of ether oxygens (including phenoxy) is 2. The Labute approximate surface area is 200 Å². The number of hydrogen-bond donors (Lipinski definition) is 0. The van der Waals surface area contributed by atoms with Gasteiger partial charge in [0.1, 0.15) is 25.9 Å². The van der Waals surface area contributed by atoms with E-state index in [1.807, 2.05) is 0 Å². The molecule has 0 radical (unpaired) electrons. The zero-order valence-electron chi connectivity index (χ0n) is 18.2. The van der Waals surface area contributed by atoms with Crippen molar-refractivity contribution in [2.24, 2.45) is 10.9 Å². The number of carbonyl (C=O) groups is 1. The molecule has 3 aromatic rings. The maximum Gasteiger partial charge on any atom is 0.252 e. The Morgan fingerprint density at radius 3 is 2.52 bits per heavy atom. The van der Waals surface area contributed by atoms with Gasteiger partial charge in [0.2, 0.25) is 0 Å². The lowest BCUT2D eigenvalue weighted by atomic mass is 9.98. The maximum atomic E-state index is 13.0. The molecule has 0 N–H and O–H groups in total. The Morgan fingerprint density at radius 2 is 1.91 bits per heavy atom. The van der Waals surface area contributed by atoms with Gasteiger partial charge in [-0.3, -0.25) is 4.79 Å². The van der Waals surface area contributed by atoms with Gasteiger partial charge in [0.05, 0.1) is 20.8 Å². The van der Waals surface area contributed by atoms with E-state index in [-0.39, 0.29) is 31.5 Å². The minimum absolute atomic E-state index is 0.215. The molecule has 33 heavy (non-hydrogen) atoms. The highest BCUT2D eigenvalue weighted by molar-refractivity contribution is 7.91. The molecule has 1 amide bonds. The first-order chi connectivity index (χ1) is 15.9. The molecule has 0 saturated carbocycles. The molecule has 8 nitrogen and oxygen atoms in total. The van der Waals surface area contributed by atoms with Gasteiger partial charge in [-0.25, -0.2) is 8.42 Å². The van der Waals surface area contributed by atoms with Crippen LogP contribution in [0.15, 0.2) is 38.8 Å². The quantitative estimate of drug-likeness (QED) is 0.481. The van der Waals surface area contributed by atoms with E-state index in [4.69, 9.17) is 15.9 Å². The van der Waals surface area contributed by atoms with Crippen LogP contribution in [-0.4, -0.2) is 50.5 Å². The predicted molar refractivity (Wildman–Crippen MR) is 128 cm³/mol. The van der Waals surface area contributed by atoms with E-state index in [9.17, 15) is 13.2 Å². The van der Waals surface area contributed by atoms with Crippen LogP contribution in [0.5, 0.6) is 11.5 Å². The molecule has 11 heteroatoms. The average molecular weight is 506 g/mol. The number of amides is 1. The fourth-order valence-electron chi connectivity index (χ4n) is 3.84. The summed E-state index contributed by atoms with van der Waals surface area (Å²) in [4.78, 5) is 17.9. The molecule has 0 bridgehead atoms. The second-order valence-corrected chi connectivity index (χ2v) is 11.5. The largest absolute Gasteiger partial charge is 0.495 e. The fraction of sp³-hybridized carbons (Fsp3) is 0.364. The SMILES string of the molecule is C#CCn1c(=NC(=O)C2CCN(S(=O)(=O)c3cccs3)CC2)sc2c(OC)ccc(OC)c21. The highest BCUT2D eigenvalue weighted by Crippen LogP contribution is 2.35. The summed E-state index contributed by atoms with van der Waals surface area (Å²) in [6.45, 7) is 0.780. The topological polar surface area (TPSA) is 90.2 Å². The second kappa shape index (κ2) is 9.69. The summed E-state index contributed by atoms with van der Waals surface area (Å²) in [7, 11) is -0.371. The van der Waals surface area contributed by atoms with E-state index in [0.717, 1.165) is 10.2 Å². The van der Waals surface area contributed by atoms with Crippen molar-refractivity contribution < 1.29 is 22.7 Å². The van der Waals surface area contributed by atoms with Crippen molar-refractivity contribution in [2.45, 2.75) is 23.6 Å². The zero-order chi connectivity index (χ0) is 23.6. The van der Waals surface area contributed by atoms with Crippen LogP contribution in [0.1, 0.15) is 12.8 Å². The molecule has 1 aliphatic heterocycles. The number of hydrogen-bond acceptors (Lipinski definition) is 7. The first-order valence-corrected chi connectivity index (χ1v) is 13.3. The number of thiophene rings is 1. The second-order valence-electron chi connectivity index (χ2n) is 7.38. The van der Waals surface area contributed by atoms with Crippen LogP contribution < -0.4 is 14.3 Å². The summed E-state index contributed by atoms with van der Waals surface area (Å²) in [6.07, 6.45) is 6.42. The summed E-state index contributed by atoms with van der Waals surface area (Å²) in [5, 5.41) is 1.74. The van der Waals surface area contributed by atoms with Crippen molar-refractivity contribution in [1.82, 2.24) is 8.87 Å². The zero-order valence-corrected chi connectivity index (χ0v) is 20.6. The van der Waals surface area contributed by atoms with Crippen molar-refractivity contribution in [3.05, 3.63) is 34.4 Å². The van der Waals surface area contributed by atoms with Crippen LogP contribution in [0.3, 0.4) is 0 Å². The van der Waals surface area contributed by atoms with Gasteiger partial charge in [0.15, 0.2) is 4.80 Å². The highest BCUT2D eigenvalue weighted by Gasteiger charge is 2.32. The lowest BCUT2D eigenvalue weighted by Crippen LogP contribution is -2.40. The molecule has 2 aromatic heterocycles. The summed E-state index contributed by atoms with van der Waals surface area (Å²) in [5.41, 5.74) is 0.725. The molecule has 1 fully saturated rings. The number of benzene rings is 1. The van der Waals surface area contributed by atoms with Gasteiger partial charge < -0.3 is 14.0 Å². The number of fused-ring (bicyclic) bond motifs is 1. The van der Waals surface area contributed by atoms with E-state index in [1.165, 1.54) is 27.0 Å². The maximum absolute atomic E-state index is 13.0. The molecule has 1 aromatic carbocycles. The number of sulfonamides is 1. The first kappa shape index (κ1) is 23.5. The van der Waals surface area contributed by atoms with Gasteiger partial charge in [-0.1, -0.05) is 23.3 Å². The lowest BCUT2D eigenvalue weighted by Gasteiger charge is -2.29.